The van der Waals surface area contributed by atoms with Gasteiger partial charge in [-0.3, -0.25) is 0 Å². The van der Waals surface area contributed by atoms with Crippen molar-refractivity contribution >= 4 is 20.3 Å². The molecule has 114 valence electrons. The zero-order valence-electron chi connectivity index (χ0n) is 13.0. The summed E-state index contributed by atoms with van der Waals surface area (Å²) in [5, 5.41) is 9.73. The Kier molecular flexibility index (Phi) is 11.4. The normalized spacial score (nSPS) is 14.2. The van der Waals surface area contributed by atoms with Gasteiger partial charge in [-0.2, -0.15) is 0 Å². The number of rotatable bonds is 12. The summed E-state index contributed by atoms with van der Waals surface area (Å²) in [6.07, 6.45) is 7.83. The summed E-state index contributed by atoms with van der Waals surface area (Å²) in [5.41, 5.74) is -0.751. The van der Waals surface area contributed by atoms with E-state index < -0.39 is 5.60 Å². The summed E-state index contributed by atoms with van der Waals surface area (Å²) >= 11 is 1.70. The Morgan fingerprint density at radius 3 is 2.58 bits per heavy atom. The van der Waals surface area contributed by atoms with Gasteiger partial charge in [0.05, 0.1) is 11.7 Å². The first kappa shape index (κ1) is 19.4. The molecular weight excluding hydrogens is 275 g/mol. The number of hydrogen-bond donors (Lipinski definition) is 1. The second-order valence-corrected chi connectivity index (χ2v) is 8.06. The minimum Gasteiger partial charge on any atom is -0.385 e. The Morgan fingerprint density at radius 1 is 1.37 bits per heavy atom. The highest BCUT2D eigenvalue weighted by Crippen LogP contribution is 2.27. The minimum absolute atomic E-state index is 0.460. The topological polar surface area (TPSA) is 29.5 Å². The predicted molar refractivity (Wildman–Crippen MR) is 90.9 cm³/mol. The maximum Gasteiger partial charge on any atom is 0.0892 e. The van der Waals surface area contributed by atoms with E-state index in [1.807, 2.05) is 7.11 Å². The summed E-state index contributed by atoms with van der Waals surface area (Å²) in [5.74, 6) is 1.07. The molecule has 0 spiro atoms. The first-order chi connectivity index (χ1) is 8.91. The highest BCUT2D eigenvalue weighted by atomic mass is 32.2. The summed E-state index contributed by atoms with van der Waals surface area (Å²) in [6.45, 7) is 9.71. The predicted octanol–water partition coefficient (Wildman–Crippen LogP) is 4.28. The van der Waals surface area contributed by atoms with Crippen molar-refractivity contribution in [1.82, 2.24) is 0 Å². The lowest BCUT2D eigenvalue weighted by Gasteiger charge is -2.19. The molecule has 0 aromatic heterocycles. The van der Waals surface area contributed by atoms with E-state index in [1.54, 1.807) is 25.6 Å². The summed E-state index contributed by atoms with van der Waals surface area (Å²) in [6, 6.07) is 0. The summed E-state index contributed by atoms with van der Waals surface area (Å²) < 4.78 is 5.45. The fourth-order valence-corrected chi connectivity index (χ4v) is 4.01. The maximum atomic E-state index is 9.73. The molecule has 2 nitrogen and oxygen atoms in total. The van der Waals surface area contributed by atoms with Crippen LogP contribution in [0.4, 0.5) is 0 Å². The van der Waals surface area contributed by atoms with Gasteiger partial charge in [0.2, 0.25) is 0 Å². The van der Waals surface area contributed by atoms with Crippen LogP contribution in [0.25, 0.3) is 0 Å². The monoisotopic (exact) mass is 306 g/mol. The molecule has 2 unspecified atom stereocenters. The quantitative estimate of drug-likeness (QED) is 0.431. The average molecular weight is 306 g/mol. The minimum atomic E-state index is -0.751. The van der Waals surface area contributed by atoms with E-state index in [1.165, 1.54) is 38.0 Å². The second-order valence-electron chi connectivity index (χ2n) is 5.37. The molecule has 0 saturated carbocycles. The molecule has 0 aromatic rings. The summed E-state index contributed by atoms with van der Waals surface area (Å²) in [7, 11) is 2.86. The number of hydrogen-bond acceptors (Lipinski definition) is 3. The molecule has 0 radical (unpaired) electrons. The van der Waals surface area contributed by atoms with Gasteiger partial charge in [0.25, 0.3) is 0 Å². The van der Waals surface area contributed by atoms with Gasteiger partial charge >= 0.3 is 0 Å². The first-order valence-electron chi connectivity index (χ1n) is 7.19. The van der Waals surface area contributed by atoms with Gasteiger partial charge in [-0.05, 0) is 51.2 Å². The molecule has 4 heteroatoms. The van der Waals surface area contributed by atoms with Crippen molar-refractivity contribution in [1.29, 1.82) is 0 Å². The highest BCUT2D eigenvalue weighted by molar-refractivity contribution is 8.03. The SMILES string of the molecule is C=C(SCCCPCCC(CCC)OC)C(C)(C)O. The average Bonchev–Trinajstić information content (AvgIpc) is 2.34. The van der Waals surface area contributed by atoms with Crippen molar-refractivity contribution in [3.8, 4) is 0 Å². The van der Waals surface area contributed by atoms with Crippen LogP contribution >= 0.6 is 20.3 Å². The lowest BCUT2D eigenvalue weighted by Crippen LogP contribution is -2.19. The molecule has 0 heterocycles. The van der Waals surface area contributed by atoms with Gasteiger partial charge in [0.15, 0.2) is 0 Å². The van der Waals surface area contributed by atoms with E-state index in [2.05, 4.69) is 13.5 Å². The van der Waals surface area contributed by atoms with Gasteiger partial charge in [-0.25, -0.2) is 0 Å². The van der Waals surface area contributed by atoms with Crippen molar-refractivity contribution in [3.63, 3.8) is 0 Å². The molecule has 2 atom stereocenters. The Hall–Kier alpha value is 0.440. The second kappa shape index (κ2) is 11.1. The fraction of sp³-hybridized carbons (Fsp3) is 0.867. The first-order valence-corrected chi connectivity index (χ1v) is 9.59. The van der Waals surface area contributed by atoms with Gasteiger partial charge in [0.1, 0.15) is 0 Å². The number of ether oxygens (including phenoxy) is 1. The molecule has 0 saturated heterocycles. The van der Waals surface area contributed by atoms with E-state index in [0.29, 0.717) is 6.10 Å². The molecule has 0 rings (SSSR count). The molecule has 19 heavy (non-hydrogen) atoms. The largest absolute Gasteiger partial charge is 0.385 e. The number of thioether (sulfide) groups is 1. The van der Waals surface area contributed by atoms with E-state index in [-0.39, 0.29) is 0 Å². The smallest absolute Gasteiger partial charge is 0.0892 e. The van der Waals surface area contributed by atoms with Crippen LogP contribution in [0.3, 0.4) is 0 Å². The van der Waals surface area contributed by atoms with Gasteiger partial charge in [-0.1, -0.05) is 19.9 Å². The van der Waals surface area contributed by atoms with Crippen LogP contribution in [-0.2, 0) is 4.74 Å². The van der Waals surface area contributed by atoms with Crippen LogP contribution in [-0.4, -0.2) is 42.0 Å². The number of aliphatic hydroxyl groups is 1. The Balaban J connectivity index is 3.43. The van der Waals surface area contributed by atoms with E-state index in [9.17, 15) is 5.11 Å². The Labute approximate surface area is 125 Å². The molecule has 0 aliphatic heterocycles. The third-order valence-electron chi connectivity index (χ3n) is 3.04. The van der Waals surface area contributed by atoms with Crippen molar-refractivity contribution < 1.29 is 9.84 Å². The molecule has 0 aliphatic rings. The lowest BCUT2D eigenvalue weighted by molar-refractivity contribution is 0.0924. The zero-order valence-corrected chi connectivity index (χ0v) is 14.8. The summed E-state index contributed by atoms with van der Waals surface area (Å²) in [4.78, 5) is 0.873. The zero-order chi connectivity index (χ0) is 14.7. The van der Waals surface area contributed by atoms with Gasteiger partial charge < -0.3 is 9.84 Å². The van der Waals surface area contributed by atoms with E-state index in [0.717, 1.165) is 19.2 Å². The van der Waals surface area contributed by atoms with Crippen LogP contribution in [0.1, 0.15) is 46.5 Å². The number of methoxy groups -OCH3 is 1. The van der Waals surface area contributed by atoms with Crippen LogP contribution in [0.5, 0.6) is 0 Å². The Bertz CT molecular complexity index is 239. The maximum absolute atomic E-state index is 9.73. The van der Waals surface area contributed by atoms with Crippen molar-refractivity contribution in [2.45, 2.75) is 58.2 Å². The van der Waals surface area contributed by atoms with E-state index in [4.69, 9.17) is 4.74 Å². The van der Waals surface area contributed by atoms with Crippen LogP contribution in [0.15, 0.2) is 11.5 Å². The molecule has 0 bridgehead atoms. The molecule has 0 aliphatic carbocycles. The van der Waals surface area contributed by atoms with Crippen LogP contribution in [0, 0.1) is 0 Å². The van der Waals surface area contributed by atoms with Crippen molar-refractivity contribution in [3.05, 3.63) is 11.5 Å². The molecule has 1 N–H and O–H groups in total. The van der Waals surface area contributed by atoms with Crippen LogP contribution < -0.4 is 0 Å². The van der Waals surface area contributed by atoms with E-state index >= 15 is 0 Å². The molecular formula is C15H31O2PS. The van der Waals surface area contributed by atoms with Crippen LogP contribution in [0.2, 0.25) is 0 Å². The highest BCUT2D eigenvalue weighted by Gasteiger charge is 2.16. The lowest BCUT2D eigenvalue weighted by atomic mass is 10.1. The molecule has 0 aromatic carbocycles. The van der Waals surface area contributed by atoms with Crippen molar-refractivity contribution in [2.75, 3.05) is 25.2 Å². The standard InChI is InChI=1S/C15H31O2PS/c1-6-8-14(17-5)9-11-18-10-7-12-19-13(2)15(3,4)16/h14,16,18H,2,6-12H2,1,3-5H3. The van der Waals surface area contributed by atoms with Crippen molar-refractivity contribution in [2.24, 2.45) is 0 Å². The third kappa shape index (κ3) is 10.8. The fourth-order valence-electron chi connectivity index (χ4n) is 1.66. The molecule has 0 amide bonds. The molecule has 0 fully saturated rings. The van der Waals surface area contributed by atoms with Gasteiger partial charge in [0, 0.05) is 12.0 Å². The third-order valence-corrected chi connectivity index (χ3v) is 5.73. The Morgan fingerprint density at radius 2 is 2.05 bits per heavy atom. The van der Waals surface area contributed by atoms with Gasteiger partial charge in [-0.15, -0.1) is 20.3 Å².